The minimum Gasteiger partial charge on any atom is -0.508 e. The largest absolute Gasteiger partial charge is 0.508 e. The molecule has 2 aliphatic rings. The highest BCUT2D eigenvalue weighted by Crippen LogP contribution is 2.38. The summed E-state index contributed by atoms with van der Waals surface area (Å²) in [6.45, 7) is 4.31. The predicted octanol–water partition coefficient (Wildman–Crippen LogP) is 9.71. The summed E-state index contributed by atoms with van der Waals surface area (Å²) < 4.78 is 10.1. The smallest absolute Gasteiger partial charge is 0.229 e. The predicted molar refractivity (Wildman–Crippen MR) is 276 cm³/mol. The Hall–Kier alpha value is -7.84. The Morgan fingerprint density at radius 2 is 1.13 bits per heavy atom. The molecule has 362 valence electrons. The van der Waals surface area contributed by atoms with Gasteiger partial charge in [-0.3, -0.25) is 9.59 Å². The average molecular weight is 989 g/mol. The highest BCUT2D eigenvalue weighted by molar-refractivity contribution is 7.14. The lowest BCUT2D eigenvalue weighted by molar-refractivity contribution is -0.121. The molecule has 0 spiro atoms. The minimum atomic E-state index is -0.0345. The van der Waals surface area contributed by atoms with E-state index >= 15 is 0 Å². The van der Waals surface area contributed by atoms with Gasteiger partial charge in [0.25, 0.3) is 0 Å². The molecule has 2 amide bonds. The number of ether oxygens (including phenoxy) is 1. The lowest BCUT2D eigenvalue weighted by Gasteiger charge is -2.28. The monoisotopic (exact) mass is 988 g/mol. The maximum absolute atomic E-state index is 12.8. The van der Waals surface area contributed by atoms with Crippen LogP contribution in [0.3, 0.4) is 0 Å². The van der Waals surface area contributed by atoms with Gasteiger partial charge in [-0.05, 0) is 95.0 Å². The number of benzene rings is 3. The molecule has 6 heterocycles. The first-order chi connectivity index (χ1) is 34.5. The molecule has 0 unspecified atom stereocenters. The van der Waals surface area contributed by atoms with Crippen molar-refractivity contribution in [2.45, 2.75) is 83.9 Å². The number of thiazole rings is 2. The summed E-state index contributed by atoms with van der Waals surface area (Å²) in [6.07, 6.45) is 10.1. The van der Waals surface area contributed by atoms with E-state index < -0.39 is 0 Å². The SMILES string of the molecule is Cc1csc(NC(=O)C2CCC(n3cnc4c(N)nc(-c5cccc(O)c5)nc43)CC2)n1.Cc1csc(NC(=O)C2CCC(n3cnc4c(N)nc(-c5cccc(OCc6ccccc6)c5)nc43)CC2)n1. The Labute approximate surface area is 416 Å². The fourth-order valence-electron chi connectivity index (χ4n) is 9.25. The highest BCUT2D eigenvalue weighted by Gasteiger charge is 2.31. The molecule has 2 aliphatic carbocycles. The van der Waals surface area contributed by atoms with Crippen molar-refractivity contribution in [3.05, 3.63) is 119 Å². The van der Waals surface area contributed by atoms with E-state index in [1.54, 1.807) is 30.9 Å². The van der Waals surface area contributed by atoms with Crippen LogP contribution in [0.25, 0.3) is 45.1 Å². The number of hydrogen-bond donors (Lipinski definition) is 5. The maximum Gasteiger partial charge on any atom is 0.229 e. The molecule has 2 fully saturated rings. The summed E-state index contributed by atoms with van der Waals surface area (Å²) in [5.74, 6) is 2.50. The zero-order valence-electron chi connectivity index (χ0n) is 39.1. The molecule has 0 radical (unpaired) electrons. The number of carbonyl (C=O) groups is 2. The van der Waals surface area contributed by atoms with Gasteiger partial charge in [-0.15, -0.1) is 22.7 Å². The Morgan fingerprint density at radius 3 is 1.61 bits per heavy atom. The molecule has 0 saturated heterocycles. The molecule has 0 bridgehead atoms. The first kappa shape index (κ1) is 46.9. The number of carbonyl (C=O) groups excluding carboxylic acids is 2. The lowest BCUT2D eigenvalue weighted by Crippen LogP contribution is -2.28. The Bertz CT molecular complexity index is 3340. The van der Waals surface area contributed by atoms with Crippen LogP contribution in [-0.4, -0.2) is 65.9 Å². The van der Waals surface area contributed by atoms with Crippen LogP contribution in [0.4, 0.5) is 21.9 Å². The van der Waals surface area contributed by atoms with E-state index in [9.17, 15) is 14.7 Å². The van der Waals surface area contributed by atoms with Gasteiger partial charge in [0.1, 0.15) is 29.1 Å². The van der Waals surface area contributed by atoms with Crippen LogP contribution in [0.5, 0.6) is 11.5 Å². The molecular weight excluding hydrogens is 937 g/mol. The fourth-order valence-corrected chi connectivity index (χ4v) is 10.6. The van der Waals surface area contributed by atoms with Crippen molar-refractivity contribution in [2.75, 3.05) is 22.1 Å². The number of nitrogen functional groups attached to an aromatic ring is 2. The van der Waals surface area contributed by atoms with E-state index in [-0.39, 0.29) is 41.5 Å². The zero-order valence-corrected chi connectivity index (χ0v) is 40.7. The van der Waals surface area contributed by atoms with E-state index in [1.165, 1.54) is 22.7 Å². The van der Waals surface area contributed by atoms with Crippen molar-refractivity contribution >= 4 is 78.7 Å². The van der Waals surface area contributed by atoms with Gasteiger partial charge in [-0.1, -0.05) is 54.6 Å². The van der Waals surface area contributed by atoms with Crippen LogP contribution < -0.4 is 26.8 Å². The standard InChI is InChI=1S/C29H29N7O2S.C22H23N7O2S/c1-18-16-39-29(32-18)35-28(37)20-10-12-22(13-11-20)36-17-31-24-25(30)33-26(34-27(24)36)21-8-5-9-23(14-21)38-15-19-6-3-2-4-7-19;1-12-10-32-22(25-12)28-21(31)13-5-7-15(8-6-13)29-11-24-17-18(23)26-19(27-20(17)29)14-3-2-4-16(30)9-14/h2-9,14,16-17,20,22H,10-13,15H2,1H3,(H2,30,33,34)(H,32,35,37);2-4,9-11,13,15,30H,5-8H2,1H3,(H2,23,26,27)(H,25,28,31). The third-order valence-corrected chi connectivity index (χ3v) is 14.7. The van der Waals surface area contributed by atoms with E-state index in [4.69, 9.17) is 26.2 Å². The number of nitrogens with zero attached hydrogens (tertiary/aromatic N) is 10. The van der Waals surface area contributed by atoms with Crippen LogP contribution in [0, 0.1) is 25.7 Å². The van der Waals surface area contributed by atoms with Crippen LogP contribution in [0.1, 0.15) is 80.4 Å². The molecule has 20 heteroatoms. The summed E-state index contributed by atoms with van der Waals surface area (Å²) in [5, 5.41) is 20.9. The van der Waals surface area contributed by atoms with Crippen molar-refractivity contribution < 1.29 is 19.4 Å². The number of hydrogen-bond acceptors (Lipinski definition) is 16. The molecule has 71 heavy (non-hydrogen) atoms. The number of rotatable bonds is 11. The van der Waals surface area contributed by atoms with E-state index in [0.717, 1.165) is 79.6 Å². The molecule has 7 N–H and O–H groups in total. The summed E-state index contributed by atoms with van der Waals surface area (Å²) in [6, 6.07) is 24.9. The van der Waals surface area contributed by atoms with Gasteiger partial charge in [-0.25, -0.2) is 39.9 Å². The molecular formula is C51H52N14O4S2. The number of imidazole rings is 2. The highest BCUT2D eigenvalue weighted by atomic mass is 32.1. The molecule has 2 saturated carbocycles. The number of nitrogens with one attached hydrogen (secondary N) is 2. The second kappa shape index (κ2) is 20.6. The molecule has 6 aromatic heterocycles. The Balaban J connectivity index is 0.000000167. The maximum atomic E-state index is 12.8. The second-order valence-corrected chi connectivity index (χ2v) is 19.7. The topological polar surface area (TPSA) is 253 Å². The van der Waals surface area contributed by atoms with Crippen molar-refractivity contribution in [1.29, 1.82) is 0 Å². The normalized spacial score (nSPS) is 17.9. The van der Waals surface area contributed by atoms with Crippen molar-refractivity contribution in [2.24, 2.45) is 11.8 Å². The second-order valence-electron chi connectivity index (χ2n) is 17.9. The first-order valence-electron chi connectivity index (χ1n) is 23.5. The minimum absolute atomic E-state index is 0.0332. The Kier molecular flexibility index (Phi) is 13.6. The quantitative estimate of drug-likeness (QED) is 0.0809. The van der Waals surface area contributed by atoms with E-state index in [2.05, 4.69) is 45.1 Å². The fraction of sp³-hybridized carbons (Fsp3) is 0.294. The van der Waals surface area contributed by atoms with E-state index in [0.29, 0.717) is 68.0 Å². The van der Waals surface area contributed by atoms with Gasteiger partial charge in [-0.2, -0.15) is 0 Å². The summed E-state index contributed by atoms with van der Waals surface area (Å²) in [7, 11) is 0. The molecule has 3 aromatic carbocycles. The summed E-state index contributed by atoms with van der Waals surface area (Å²) in [5.41, 5.74) is 19.5. The number of anilines is 4. The lowest BCUT2D eigenvalue weighted by atomic mass is 9.85. The van der Waals surface area contributed by atoms with Gasteiger partial charge in [0.05, 0.1) is 24.0 Å². The molecule has 0 atom stereocenters. The van der Waals surface area contributed by atoms with Crippen molar-refractivity contribution in [3.8, 4) is 34.3 Å². The number of aryl methyl sites for hydroxylation is 2. The van der Waals surface area contributed by atoms with Gasteiger partial charge < -0.3 is 41.1 Å². The molecule has 11 rings (SSSR count). The van der Waals surface area contributed by atoms with E-state index in [1.807, 2.05) is 89.8 Å². The molecule has 0 aliphatic heterocycles. The number of phenols is 1. The molecule has 9 aromatic rings. The molecule has 18 nitrogen and oxygen atoms in total. The summed E-state index contributed by atoms with van der Waals surface area (Å²) >= 11 is 2.90. The number of aromatic nitrogens is 10. The van der Waals surface area contributed by atoms with Crippen molar-refractivity contribution in [1.82, 2.24) is 49.0 Å². The number of amides is 2. The average Bonchev–Trinajstić information content (AvgIpc) is 4.21. The van der Waals surface area contributed by atoms with Gasteiger partial charge in [0, 0.05) is 45.8 Å². The van der Waals surface area contributed by atoms with Crippen LogP contribution >= 0.6 is 22.7 Å². The number of phenolic OH excluding ortho intramolecular Hbond substituents is 1. The zero-order chi connectivity index (χ0) is 49.0. The van der Waals surface area contributed by atoms with Crippen LogP contribution in [0.2, 0.25) is 0 Å². The van der Waals surface area contributed by atoms with Crippen LogP contribution in [-0.2, 0) is 16.2 Å². The van der Waals surface area contributed by atoms with Crippen molar-refractivity contribution in [3.63, 3.8) is 0 Å². The third kappa shape index (κ3) is 10.7. The van der Waals surface area contributed by atoms with Gasteiger partial charge >= 0.3 is 0 Å². The first-order valence-corrected chi connectivity index (χ1v) is 25.3. The van der Waals surface area contributed by atoms with Gasteiger partial charge in [0.15, 0.2) is 44.8 Å². The Morgan fingerprint density at radius 1 is 0.634 bits per heavy atom. The van der Waals surface area contributed by atoms with Crippen LogP contribution in [0.15, 0.2) is 102 Å². The number of aromatic hydroxyl groups is 1. The number of fused-ring (bicyclic) bond motifs is 2. The third-order valence-electron chi connectivity index (χ3n) is 13.0. The summed E-state index contributed by atoms with van der Waals surface area (Å²) in [4.78, 5) is 61.5. The van der Waals surface area contributed by atoms with Gasteiger partial charge in [0.2, 0.25) is 11.8 Å². The number of nitrogens with two attached hydrogens (primary N) is 2.